The summed E-state index contributed by atoms with van der Waals surface area (Å²) in [5.74, 6) is 1.21. The first-order valence-electron chi connectivity index (χ1n) is 4.56. The Balaban J connectivity index is 2.40. The molecule has 1 aliphatic heterocycles. The molecule has 0 saturated carbocycles. The SMILES string of the molecule is CCOC(=O)N1CC(C)C(C)C1. The molecular weight excluding hydrogens is 154 g/mol. The lowest BCUT2D eigenvalue weighted by molar-refractivity contribution is 0.114. The van der Waals surface area contributed by atoms with Gasteiger partial charge in [0.25, 0.3) is 0 Å². The summed E-state index contributed by atoms with van der Waals surface area (Å²) in [5, 5.41) is 0. The normalized spacial score (nSPS) is 29.1. The molecule has 1 amide bonds. The number of carbonyl (C=O) groups is 1. The van der Waals surface area contributed by atoms with Crippen molar-refractivity contribution in [3.63, 3.8) is 0 Å². The van der Waals surface area contributed by atoms with Crippen molar-refractivity contribution in [2.24, 2.45) is 11.8 Å². The highest BCUT2D eigenvalue weighted by Crippen LogP contribution is 2.22. The number of carbonyl (C=O) groups excluding carboxylic acids is 1. The third-order valence-corrected chi connectivity index (χ3v) is 2.51. The molecule has 0 aromatic rings. The number of ether oxygens (including phenoxy) is 1. The molecular formula is C9H17NO2. The molecule has 1 rings (SSSR count). The van der Waals surface area contributed by atoms with Crippen LogP contribution in [0.25, 0.3) is 0 Å². The summed E-state index contributed by atoms with van der Waals surface area (Å²) < 4.78 is 4.91. The van der Waals surface area contributed by atoms with Gasteiger partial charge in [0.15, 0.2) is 0 Å². The fourth-order valence-corrected chi connectivity index (χ4v) is 1.49. The van der Waals surface area contributed by atoms with Crippen molar-refractivity contribution in [2.45, 2.75) is 20.8 Å². The summed E-state index contributed by atoms with van der Waals surface area (Å²) in [6.07, 6.45) is -0.159. The van der Waals surface area contributed by atoms with Gasteiger partial charge < -0.3 is 9.64 Å². The van der Waals surface area contributed by atoms with Gasteiger partial charge in [-0.1, -0.05) is 13.8 Å². The second kappa shape index (κ2) is 3.78. The van der Waals surface area contributed by atoms with E-state index < -0.39 is 0 Å². The summed E-state index contributed by atoms with van der Waals surface area (Å²) >= 11 is 0. The Bertz CT molecular complexity index is 160. The van der Waals surface area contributed by atoms with E-state index in [9.17, 15) is 4.79 Å². The van der Waals surface area contributed by atoms with E-state index >= 15 is 0 Å². The summed E-state index contributed by atoms with van der Waals surface area (Å²) in [4.78, 5) is 13.0. The Morgan fingerprint density at radius 2 is 1.92 bits per heavy atom. The number of likely N-dealkylation sites (tertiary alicyclic amines) is 1. The van der Waals surface area contributed by atoms with Gasteiger partial charge in [-0.15, -0.1) is 0 Å². The first-order valence-corrected chi connectivity index (χ1v) is 4.56. The van der Waals surface area contributed by atoms with Crippen molar-refractivity contribution < 1.29 is 9.53 Å². The molecule has 1 fully saturated rings. The number of rotatable bonds is 1. The maximum Gasteiger partial charge on any atom is 0.409 e. The van der Waals surface area contributed by atoms with E-state index in [1.165, 1.54) is 0 Å². The topological polar surface area (TPSA) is 29.5 Å². The lowest BCUT2D eigenvalue weighted by Crippen LogP contribution is -2.29. The zero-order chi connectivity index (χ0) is 9.14. The Kier molecular flexibility index (Phi) is 2.95. The van der Waals surface area contributed by atoms with E-state index in [2.05, 4.69) is 13.8 Å². The average Bonchev–Trinajstić information content (AvgIpc) is 2.33. The van der Waals surface area contributed by atoms with Crippen LogP contribution < -0.4 is 0 Å². The van der Waals surface area contributed by atoms with Crippen molar-refractivity contribution in [1.29, 1.82) is 0 Å². The molecule has 0 spiro atoms. The molecule has 0 aromatic heterocycles. The average molecular weight is 171 g/mol. The summed E-state index contributed by atoms with van der Waals surface area (Å²) in [7, 11) is 0. The number of nitrogens with zero attached hydrogens (tertiary/aromatic N) is 1. The van der Waals surface area contributed by atoms with Crippen LogP contribution in [0.2, 0.25) is 0 Å². The van der Waals surface area contributed by atoms with Crippen LogP contribution in [0.1, 0.15) is 20.8 Å². The van der Waals surface area contributed by atoms with Crippen molar-refractivity contribution in [1.82, 2.24) is 4.90 Å². The zero-order valence-electron chi connectivity index (χ0n) is 8.04. The second-order valence-electron chi connectivity index (χ2n) is 3.56. The predicted molar refractivity (Wildman–Crippen MR) is 46.9 cm³/mol. The van der Waals surface area contributed by atoms with Crippen LogP contribution >= 0.6 is 0 Å². The molecule has 0 bridgehead atoms. The van der Waals surface area contributed by atoms with Crippen LogP contribution in [0.15, 0.2) is 0 Å². The lowest BCUT2D eigenvalue weighted by Gasteiger charge is -2.14. The van der Waals surface area contributed by atoms with E-state index in [0.717, 1.165) is 13.1 Å². The molecule has 1 saturated heterocycles. The molecule has 3 heteroatoms. The number of hydrogen-bond donors (Lipinski definition) is 0. The molecule has 70 valence electrons. The van der Waals surface area contributed by atoms with Crippen LogP contribution in [0.3, 0.4) is 0 Å². The molecule has 0 N–H and O–H groups in total. The van der Waals surface area contributed by atoms with Crippen LogP contribution in [-0.2, 0) is 4.74 Å². The number of amides is 1. The van der Waals surface area contributed by atoms with Gasteiger partial charge >= 0.3 is 6.09 Å². The highest BCUT2D eigenvalue weighted by atomic mass is 16.6. The first-order chi connectivity index (χ1) is 5.65. The third kappa shape index (κ3) is 1.90. The van der Waals surface area contributed by atoms with Crippen LogP contribution in [-0.4, -0.2) is 30.7 Å². The van der Waals surface area contributed by atoms with Crippen LogP contribution in [0.5, 0.6) is 0 Å². The largest absolute Gasteiger partial charge is 0.450 e. The standard InChI is InChI=1S/C9H17NO2/c1-4-12-9(11)10-5-7(2)8(3)6-10/h7-8H,4-6H2,1-3H3. The van der Waals surface area contributed by atoms with E-state index in [1.54, 1.807) is 4.90 Å². The first kappa shape index (κ1) is 9.36. The molecule has 0 aromatic carbocycles. The third-order valence-electron chi connectivity index (χ3n) is 2.51. The molecule has 1 heterocycles. The van der Waals surface area contributed by atoms with Gasteiger partial charge in [-0.05, 0) is 18.8 Å². The van der Waals surface area contributed by atoms with Gasteiger partial charge in [-0.3, -0.25) is 0 Å². The minimum absolute atomic E-state index is 0.159. The molecule has 12 heavy (non-hydrogen) atoms. The van der Waals surface area contributed by atoms with E-state index in [1.807, 2.05) is 6.92 Å². The fourth-order valence-electron chi connectivity index (χ4n) is 1.49. The summed E-state index contributed by atoms with van der Waals surface area (Å²) in [6, 6.07) is 0. The highest BCUT2D eigenvalue weighted by molar-refractivity contribution is 5.67. The molecule has 1 aliphatic rings. The molecule has 2 unspecified atom stereocenters. The highest BCUT2D eigenvalue weighted by Gasteiger charge is 2.29. The Morgan fingerprint density at radius 1 is 1.42 bits per heavy atom. The maximum absolute atomic E-state index is 11.2. The summed E-state index contributed by atoms with van der Waals surface area (Å²) in [6.45, 7) is 8.34. The summed E-state index contributed by atoms with van der Waals surface area (Å²) in [5.41, 5.74) is 0. The van der Waals surface area contributed by atoms with Crippen molar-refractivity contribution in [3.05, 3.63) is 0 Å². The van der Waals surface area contributed by atoms with Gasteiger partial charge in [0.1, 0.15) is 0 Å². The fraction of sp³-hybridized carbons (Fsp3) is 0.889. The van der Waals surface area contributed by atoms with E-state index in [0.29, 0.717) is 18.4 Å². The van der Waals surface area contributed by atoms with E-state index in [-0.39, 0.29) is 6.09 Å². The van der Waals surface area contributed by atoms with E-state index in [4.69, 9.17) is 4.74 Å². The Labute approximate surface area is 73.7 Å². The minimum Gasteiger partial charge on any atom is -0.450 e. The van der Waals surface area contributed by atoms with Gasteiger partial charge in [0, 0.05) is 13.1 Å². The van der Waals surface area contributed by atoms with Crippen molar-refractivity contribution in [3.8, 4) is 0 Å². The lowest BCUT2D eigenvalue weighted by atomic mass is 10.0. The maximum atomic E-state index is 11.2. The van der Waals surface area contributed by atoms with Gasteiger partial charge in [0.2, 0.25) is 0 Å². The predicted octanol–water partition coefficient (Wildman–Crippen LogP) is 1.73. The number of hydrogen-bond acceptors (Lipinski definition) is 2. The second-order valence-corrected chi connectivity index (χ2v) is 3.56. The molecule has 3 nitrogen and oxygen atoms in total. The Morgan fingerprint density at radius 3 is 2.33 bits per heavy atom. The van der Waals surface area contributed by atoms with Crippen molar-refractivity contribution in [2.75, 3.05) is 19.7 Å². The zero-order valence-corrected chi connectivity index (χ0v) is 8.04. The molecule has 0 radical (unpaired) electrons. The monoisotopic (exact) mass is 171 g/mol. The quantitative estimate of drug-likeness (QED) is 0.601. The van der Waals surface area contributed by atoms with Crippen LogP contribution in [0.4, 0.5) is 4.79 Å². The van der Waals surface area contributed by atoms with Gasteiger partial charge in [-0.25, -0.2) is 4.79 Å². The van der Waals surface area contributed by atoms with Crippen LogP contribution in [0, 0.1) is 11.8 Å². The van der Waals surface area contributed by atoms with Crippen molar-refractivity contribution >= 4 is 6.09 Å². The minimum atomic E-state index is -0.159. The molecule has 2 atom stereocenters. The van der Waals surface area contributed by atoms with Gasteiger partial charge in [-0.2, -0.15) is 0 Å². The van der Waals surface area contributed by atoms with Gasteiger partial charge in [0.05, 0.1) is 6.61 Å². The smallest absolute Gasteiger partial charge is 0.409 e. The Hall–Kier alpha value is -0.730. The molecule has 0 aliphatic carbocycles.